The molecular formula is C30H30N6. The second-order valence-electron chi connectivity index (χ2n) is 8.74. The standard InChI is InChI=1S/C30H30N6/c1-35(2)29-19-15-27(16-20-29)33-31-25-11-7-23(8-12-25)5-6-24-9-13-26(14-10-24)32-34-28-17-21-30(22-18-28)36(3)4/h5-22H,1-4H3. The molecule has 0 saturated heterocycles. The Kier molecular flexibility index (Phi) is 7.98. The fraction of sp³-hybridized carbons (Fsp3) is 0.133. The maximum atomic E-state index is 4.34. The van der Waals surface area contributed by atoms with Crippen molar-refractivity contribution in [1.29, 1.82) is 0 Å². The molecule has 0 radical (unpaired) electrons. The molecule has 0 fully saturated rings. The molecule has 0 atom stereocenters. The van der Waals surface area contributed by atoms with Crippen LogP contribution in [0.2, 0.25) is 0 Å². The minimum atomic E-state index is 0.815. The van der Waals surface area contributed by atoms with E-state index in [2.05, 4.69) is 42.4 Å². The highest BCUT2D eigenvalue weighted by Crippen LogP contribution is 2.24. The summed E-state index contributed by atoms with van der Waals surface area (Å²) in [5, 5.41) is 17.3. The predicted molar refractivity (Wildman–Crippen MR) is 152 cm³/mol. The van der Waals surface area contributed by atoms with E-state index < -0.39 is 0 Å². The zero-order valence-corrected chi connectivity index (χ0v) is 21.1. The lowest BCUT2D eigenvalue weighted by Crippen LogP contribution is -2.07. The van der Waals surface area contributed by atoms with Crippen LogP contribution in [0, 0.1) is 0 Å². The van der Waals surface area contributed by atoms with Crippen LogP contribution >= 0.6 is 0 Å². The van der Waals surface area contributed by atoms with Gasteiger partial charge in [0.05, 0.1) is 22.7 Å². The fourth-order valence-electron chi connectivity index (χ4n) is 3.36. The van der Waals surface area contributed by atoms with Crippen molar-refractivity contribution in [3.63, 3.8) is 0 Å². The Hall–Kier alpha value is -4.58. The molecule has 0 spiro atoms. The van der Waals surface area contributed by atoms with Gasteiger partial charge < -0.3 is 9.80 Å². The maximum Gasteiger partial charge on any atom is 0.0858 e. The van der Waals surface area contributed by atoms with Gasteiger partial charge in [0.15, 0.2) is 0 Å². The number of hydrogen-bond acceptors (Lipinski definition) is 6. The minimum Gasteiger partial charge on any atom is -0.378 e. The third kappa shape index (κ3) is 6.96. The van der Waals surface area contributed by atoms with Crippen LogP contribution in [-0.2, 0) is 0 Å². The van der Waals surface area contributed by atoms with Gasteiger partial charge in [-0.3, -0.25) is 0 Å². The lowest BCUT2D eigenvalue weighted by atomic mass is 10.1. The SMILES string of the molecule is CN(C)c1ccc(N=Nc2ccc(C=Cc3ccc(N=Nc4ccc(N(C)C)cc4)cc3)cc2)cc1. The molecule has 0 aliphatic rings. The molecule has 0 unspecified atom stereocenters. The van der Waals surface area contributed by atoms with Crippen molar-refractivity contribution in [2.24, 2.45) is 20.5 Å². The van der Waals surface area contributed by atoms with Gasteiger partial charge in [0.2, 0.25) is 0 Å². The lowest BCUT2D eigenvalue weighted by Gasteiger charge is -2.11. The Labute approximate surface area is 213 Å². The van der Waals surface area contributed by atoms with Crippen LogP contribution in [0.1, 0.15) is 11.1 Å². The lowest BCUT2D eigenvalue weighted by molar-refractivity contribution is 1.13. The van der Waals surface area contributed by atoms with E-state index in [1.165, 1.54) is 0 Å². The zero-order valence-electron chi connectivity index (χ0n) is 21.1. The van der Waals surface area contributed by atoms with Gasteiger partial charge >= 0.3 is 0 Å². The van der Waals surface area contributed by atoms with Crippen LogP contribution in [0.15, 0.2) is 118 Å². The van der Waals surface area contributed by atoms with Crippen LogP contribution in [0.3, 0.4) is 0 Å². The van der Waals surface area contributed by atoms with Crippen molar-refractivity contribution in [1.82, 2.24) is 0 Å². The molecular weight excluding hydrogens is 444 g/mol. The second kappa shape index (κ2) is 11.7. The van der Waals surface area contributed by atoms with Crippen LogP contribution in [-0.4, -0.2) is 28.2 Å². The van der Waals surface area contributed by atoms with E-state index in [-0.39, 0.29) is 0 Å². The predicted octanol–water partition coefficient (Wildman–Crippen LogP) is 8.82. The second-order valence-corrected chi connectivity index (χ2v) is 8.74. The quantitative estimate of drug-likeness (QED) is 0.189. The summed E-state index contributed by atoms with van der Waals surface area (Å²) in [4.78, 5) is 4.11. The van der Waals surface area contributed by atoms with Gasteiger partial charge in [-0.25, -0.2) is 0 Å². The van der Waals surface area contributed by atoms with Crippen LogP contribution in [0.5, 0.6) is 0 Å². The van der Waals surface area contributed by atoms with Crippen LogP contribution in [0.25, 0.3) is 12.2 Å². The van der Waals surface area contributed by atoms with Crippen molar-refractivity contribution in [2.45, 2.75) is 0 Å². The molecule has 4 aromatic carbocycles. The smallest absolute Gasteiger partial charge is 0.0858 e. The third-order valence-corrected chi connectivity index (χ3v) is 5.55. The van der Waals surface area contributed by atoms with E-state index in [4.69, 9.17) is 0 Å². The Balaban J connectivity index is 1.32. The van der Waals surface area contributed by atoms with Gasteiger partial charge in [0, 0.05) is 39.6 Å². The number of benzene rings is 4. The molecule has 0 aromatic heterocycles. The van der Waals surface area contributed by atoms with Gasteiger partial charge in [-0.05, 0) is 83.9 Å². The summed E-state index contributed by atoms with van der Waals surface area (Å²) >= 11 is 0. The molecule has 0 saturated carbocycles. The molecule has 180 valence electrons. The number of hydrogen-bond donors (Lipinski definition) is 0. The van der Waals surface area contributed by atoms with Gasteiger partial charge in [-0.15, -0.1) is 0 Å². The van der Waals surface area contributed by atoms with Crippen molar-refractivity contribution in [3.8, 4) is 0 Å². The Bertz CT molecular complexity index is 1230. The van der Waals surface area contributed by atoms with Gasteiger partial charge in [-0.1, -0.05) is 36.4 Å². The van der Waals surface area contributed by atoms with E-state index in [0.29, 0.717) is 0 Å². The largest absolute Gasteiger partial charge is 0.378 e. The minimum absolute atomic E-state index is 0.815. The summed E-state index contributed by atoms with van der Waals surface area (Å²) in [6.45, 7) is 0. The van der Waals surface area contributed by atoms with Crippen molar-refractivity contribution in [2.75, 3.05) is 38.0 Å². The van der Waals surface area contributed by atoms with Crippen molar-refractivity contribution >= 4 is 46.3 Å². The van der Waals surface area contributed by atoms with E-state index >= 15 is 0 Å². The molecule has 0 bridgehead atoms. The molecule has 0 N–H and O–H groups in total. The summed E-state index contributed by atoms with van der Waals surface area (Å²) in [5.74, 6) is 0. The van der Waals surface area contributed by atoms with E-state index in [1.807, 2.05) is 125 Å². The average Bonchev–Trinajstić information content (AvgIpc) is 2.91. The number of anilines is 2. The molecule has 4 aromatic rings. The summed E-state index contributed by atoms with van der Waals surface area (Å²) in [6, 6.07) is 32.0. The first kappa shape index (κ1) is 24.5. The Morgan fingerprint density at radius 2 is 0.639 bits per heavy atom. The van der Waals surface area contributed by atoms with Crippen LogP contribution < -0.4 is 9.80 Å². The molecule has 6 nitrogen and oxygen atoms in total. The first-order valence-electron chi connectivity index (χ1n) is 11.7. The van der Waals surface area contributed by atoms with E-state index in [9.17, 15) is 0 Å². The first-order valence-corrected chi connectivity index (χ1v) is 11.7. The first-order chi connectivity index (χ1) is 17.5. The van der Waals surface area contributed by atoms with Gasteiger partial charge in [0.1, 0.15) is 0 Å². The fourth-order valence-corrected chi connectivity index (χ4v) is 3.36. The van der Waals surface area contributed by atoms with Crippen molar-refractivity contribution in [3.05, 3.63) is 108 Å². The molecule has 0 amide bonds. The molecule has 4 rings (SSSR count). The highest BCUT2D eigenvalue weighted by atomic mass is 15.1. The zero-order chi connectivity index (χ0) is 25.3. The topological polar surface area (TPSA) is 55.9 Å². The normalized spacial score (nSPS) is 11.6. The Morgan fingerprint density at radius 3 is 0.889 bits per heavy atom. The highest BCUT2D eigenvalue weighted by Gasteiger charge is 1.97. The van der Waals surface area contributed by atoms with Crippen molar-refractivity contribution < 1.29 is 0 Å². The summed E-state index contributed by atoms with van der Waals surface area (Å²) in [6.07, 6.45) is 4.15. The van der Waals surface area contributed by atoms with Crippen LogP contribution in [0.4, 0.5) is 34.1 Å². The summed E-state index contributed by atoms with van der Waals surface area (Å²) in [5.41, 5.74) is 7.74. The number of azo groups is 2. The van der Waals surface area contributed by atoms with Gasteiger partial charge in [0.25, 0.3) is 0 Å². The summed E-state index contributed by atoms with van der Waals surface area (Å²) in [7, 11) is 8.06. The highest BCUT2D eigenvalue weighted by molar-refractivity contribution is 5.70. The molecule has 6 heteroatoms. The molecule has 0 aliphatic carbocycles. The Morgan fingerprint density at radius 1 is 0.389 bits per heavy atom. The van der Waals surface area contributed by atoms with E-state index in [0.717, 1.165) is 45.3 Å². The van der Waals surface area contributed by atoms with Gasteiger partial charge in [-0.2, -0.15) is 20.5 Å². The number of nitrogens with zero attached hydrogens (tertiary/aromatic N) is 6. The molecule has 0 heterocycles. The third-order valence-electron chi connectivity index (χ3n) is 5.55. The average molecular weight is 475 g/mol. The maximum absolute atomic E-state index is 4.34. The number of rotatable bonds is 8. The molecule has 36 heavy (non-hydrogen) atoms. The molecule has 0 aliphatic heterocycles. The monoisotopic (exact) mass is 474 g/mol. The van der Waals surface area contributed by atoms with E-state index in [1.54, 1.807) is 0 Å². The summed E-state index contributed by atoms with van der Waals surface area (Å²) < 4.78 is 0.